The fourth-order valence-corrected chi connectivity index (χ4v) is 3.31. The van der Waals surface area contributed by atoms with Crippen LogP contribution in [-0.4, -0.2) is 36.7 Å². The summed E-state index contributed by atoms with van der Waals surface area (Å²) in [6.45, 7) is 2.42. The van der Waals surface area contributed by atoms with E-state index in [-0.39, 0.29) is 6.03 Å². The van der Waals surface area contributed by atoms with E-state index in [0.29, 0.717) is 12.0 Å². The van der Waals surface area contributed by atoms with Gasteiger partial charge in [-0.2, -0.15) is 0 Å². The van der Waals surface area contributed by atoms with E-state index in [9.17, 15) is 4.79 Å². The Bertz CT molecular complexity index is 700. The van der Waals surface area contributed by atoms with E-state index in [1.165, 1.54) is 0 Å². The van der Waals surface area contributed by atoms with Crippen LogP contribution in [0.25, 0.3) is 10.8 Å². The molecule has 0 unspecified atom stereocenters. The molecule has 0 bridgehead atoms. The first-order valence-corrected chi connectivity index (χ1v) is 8.44. The fraction of sp³-hybridized carbons (Fsp3) is 0.421. The highest BCUT2D eigenvalue weighted by Gasteiger charge is 2.35. The monoisotopic (exact) mass is 310 g/mol. The van der Waals surface area contributed by atoms with Crippen molar-refractivity contribution in [2.45, 2.75) is 25.3 Å². The van der Waals surface area contributed by atoms with Gasteiger partial charge in [0.15, 0.2) is 0 Å². The molecule has 1 heterocycles. The van der Waals surface area contributed by atoms with Gasteiger partial charge in [-0.05, 0) is 30.7 Å². The van der Waals surface area contributed by atoms with Gasteiger partial charge < -0.3 is 15.0 Å². The van der Waals surface area contributed by atoms with E-state index < -0.39 is 0 Å². The van der Waals surface area contributed by atoms with Gasteiger partial charge in [0.25, 0.3) is 0 Å². The molecule has 23 heavy (non-hydrogen) atoms. The molecular weight excluding hydrogens is 288 g/mol. The predicted octanol–water partition coefficient (Wildman–Crippen LogP) is 3.87. The third-order valence-electron chi connectivity index (χ3n) is 4.76. The Balaban J connectivity index is 1.52. The molecule has 2 aromatic carbocycles. The second-order valence-corrected chi connectivity index (χ2v) is 6.57. The minimum absolute atomic E-state index is 0.0238. The Kier molecular flexibility index (Phi) is 3.92. The predicted molar refractivity (Wildman–Crippen MR) is 91.6 cm³/mol. The van der Waals surface area contributed by atoms with Crippen molar-refractivity contribution >= 4 is 22.5 Å². The number of nitrogens with one attached hydrogen (secondary N) is 1. The van der Waals surface area contributed by atoms with Crippen molar-refractivity contribution in [3.8, 4) is 0 Å². The molecule has 1 aliphatic carbocycles. The van der Waals surface area contributed by atoms with Crippen LogP contribution in [0, 0.1) is 5.92 Å². The Morgan fingerprint density at radius 1 is 1.13 bits per heavy atom. The first-order valence-electron chi connectivity index (χ1n) is 8.44. The van der Waals surface area contributed by atoms with Crippen molar-refractivity contribution in [3.63, 3.8) is 0 Å². The molecule has 1 saturated heterocycles. The normalized spacial score (nSPS) is 20.6. The first-order chi connectivity index (χ1) is 11.3. The van der Waals surface area contributed by atoms with Crippen molar-refractivity contribution in [2.24, 2.45) is 5.92 Å². The highest BCUT2D eigenvalue weighted by molar-refractivity contribution is 6.01. The SMILES string of the molecule is O=C(Nc1cccc2ccccc12)N(C[C@H]1CCOC1)C1CC1. The quantitative estimate of drug-likeness (QED) is 0.931. The second-order valence-electron chi connectivity index (χ2n) is 6.57. The summed E-state index contributed by atoms with van der Waals surface area (Å²) < 4.78 is 5.46. The number of amides is 2. The largest absolute Gasteiger partial charge is 0.381 e. The van der Waals surface area contributed by atoms with Crippen molar-refractivity contribution < 1.29 is 9.53 Å². The number of urea groups is 1. The van der Waals surface area contributed by atoms with E-state index in [4.69, 9.17) is 4.74 Å². The molecule has 2 fully saturated rings. The molecule has 1 atom stereocenters. The number of rotatable bonds is 4. The van der Waals surface area contributed by atoms with E-state index in [2.05, 4.69) is 23.5 Å². The number of benzene rings is 2. The lowest BCUT2D eigenvalue weighted by Crippen LogP contribution is -2.40. The Hall–Kier alpha value is -2.07. The highest BCUT2D eigenvalue weighted by Crippen LogP contribution is 2.30. The van der Waals surface area contributed by atoms with Crippen LogP contribution in [0.3, 0.4) is 0 Å². The van der Waals surface area contributed by atoms with Crippen LogP contribution < -0.4 is 5.32 Å². The summed E-state index contributed by atoms with van der Waals surface area (Å²) in [6.07, 6.45) is 3.30. The van der Waals surface area contributed by atoms with E-state index in [1.807, 2.05) is 29.2 Å². The smallest absolute Gasteiger partial charge is 0.322 e. The maximum absolute atomic E-state index is 12.8. The molecule has 2 aliphatic rings. The first kappa shape index (κ1) is 14.5. The van der Waals surface area contributed by atoms with Gasteiger partial charge in [0, 0.05) is 30.5 Å². The zero-order valence-electron chi connectivity index (χ0n) is 13.2. The standard InChI is InChI=1S/C19H22N2O2/c22-19(21(16-8-9-16)12-14-10-11-23-13-14)20-18-7-3-5-15-4-1-2-6-17(15)18/h1-7,14,16H,8-13H2,(H,20,22)/t14-/m1/s1. The lowest BCUT2D eigenvalue weighted by Gasteiger charge is -2.25. The van der Waals surface area contributed by atoms with Gasteiger partial charge in [-0.1, -0.05) is 36.4 Å². The number of hydrogen-bond acceptors (Lipinski definition) is 2. The van der Waals surface area contributed by atoms with Crippen LogP contribution in [0.5, 0.6) is 0 Å². The number of anilines is 1. The summed E-state index contributed by atoms with van der Waals surface area (Å²) >= 11 is 0. The molecule has 120 valence electrons. The van der Waals surface area contributed by atoms with Crippen molar-refractivity contribution in [2.75, 3.05) is 25.1 Å². The van der Waals surface area contributed by atoms with E-state index >= 15 is 0 Å². The molecule has 1 aliphatic heterocycles. The molecule has 2 amide bonds. The summed E-state index contributed by atoms with van der Waals surface area (Å²) in [5.74, 6) is 0.480. The second kappa shape index (κ2) is 6.20. The zero-order chi connectivity index (χ0) is 15.6. The summed E-state index contributed by atoms with van der Waals surface area (Å²) in [7, 11) is 0. The van der Waals surface area contributed by atoms with E-state index in [1.54, 1.807) is 0 Å². The van der Waals surface area contributed by atoms with Crippen LogP contribution >= 0.6 is 0 Å². The van der Waals surface area contributed by atoms with Crippen molar-refractivity contribution in [1.29, 1.82) is 0 Å². The minimum Gasteiger partial charge on any atom is -0.381 e. The molecule has 4 nitrogen and oxygen atoms in total. The Morgan fingerprint density at radius 3 is 2.74 bits per heavy atom. The number of fused-ring (bicyclic) bond motifs is 1. The number of ether oxygens (including phenoxy) is 1. The molecule has 1 N–H and O–H groups in total. The summed E-state index contributed by atoms with van der Waals surface area (Å²) in [4.78, 5) is 14.8. The van der Waals surface area contributed by atoms with Crippen molar-refractivity contribution in [1.82, 2.24) is 4.90 Å². The average Bonchev–Trinajstić information content (AvgIpc) is 3.29. The lowest BCUT2D eigenvalue weighted by atomic mass is 10.1. The van der Waals surface area contributed by atoms with Gasteiger partial charge in [-0.3, -0.25) is 0 Å². The maximum Gasteiger partial charge on any atom is 0.322 e. The number of carbonyl (C=O) groups excluding carboxylic acids is 1. The maximum atomic E-state index is 12.8. The summed E-state index contributed by atoms with van der Waals surface area (Å²) in [5, 5.41) is 5.36. The fourth-order valence-electron chi connectivity index (χ4n) is 3.31. The third-order valence-corrected chi connectivity index (χ3v) is 4.76. The van der Waals surface area contributed by atoms with Crippen LogP contribution in [0.15, 0.2) is 42.5 Å². The number of hydrogen-bond donors (Lipinski definition) is 1. The van der Waals surface area contributed by atoms with E-state index in [0.717, 1.165) is 55.5 Å². The average molecular weight is 310 g/mol. The van der Waals surface area contributed by atoms with Crippen molar-refractivity contribution in [3.05, 3.63) is 42.5 Å². The minimum atomic E-state index is 0.0238. The molecular formula is C19H22N2O2. The van der Waals surface area contributed by atoms with Crippen LogP contribution in [0.4, 0.5) is 10.5 Å². The molecule has 4 rings (SSSR count). The zero-order valence-corrected chi connectivity index (χ0v) is 13.2. The molecule has 2 aromatic rings. The van der Waals surface area contributed by atoms with Gasteiger partial charge in [0.05, 0.1) is 12.3 Å². The van der Waals surface area contributed by atoms with Crippen LogP contribution in [0.1, 0.15) is 19.3 Å². The Morgan fingerprint density at radius 2 is 1.96 bits per heavy atom. The molecule has 1 saturated carbocycles. The molecule has 0 spiro atoms. The Labute approximate surface area is 136 Å². The topological polar surface area (TPSA) is 41.6 Å². The van der Waals surface area contributed by atoms with Gasteiger partial charge in [0.2, 0.25) is 0 Å². The molecule has 0 radical (unpaired) electrons. The number of carbonyl (C=O) groups is 1. The highest BCUT2D eigenvalue weighted by atomic mass is 16.5. The van der Waals surface area contributed by atoms with Crippen LogP contribution in [0.2, 0.25) is 0 Å². The lowest BCUT2D eigenvalue weighted by molar-refractivity contribution is 0.167. The summed E-state index contributed by atoms with van der Waals surface area (Å²) in [5.41, 5.74) is 0.890. The molecule has 0 aromatic heterocycles. The van der Waals surface area contributed by atoms with Gasteiger partial charge in [0.1, 0.15) is 0 Å². The van der Waals surface area contributed by atoms with Crippen LogP contribution in [-0.2, 0) is 4.74 Å². The third kappa shape index (κ3) is 3.17. The van der Waals surface area contributed by atoms with Gasteiger partial charge >= 0.3 is 6.03 Å². The molecule has 4 heteroatoms. The number of nitrogens with zero attached hydrogens (tertiary/aromatic N) is 1. The summed E-state index contributed by atoms with van der Waals surface area (Å²) in [6, 6.07) is 14.6. The van der Waals surface area contributed by atoms with Gasteiger partial charge in [-0.25, -0.2) is 4.79 Å². The van der Waals surface area contributed by atoms with Gasteiger partial charge in [-0.15, -0.1) is 0 Å².